The molecule has 2 N–H and O–H groups in total. The van der Waals surface area contributed by atoms with Crippen LogP contribution in [-0.2, 0) is 11.2 Å². The van der Waals surface area contributed by atoms with Gasteiger partial charge in [0.05, 0.1) is 6.42 Å². The molecule has 1 heterocycles. The summed E-state index contributed by atoms with van der Waals surface area (Å²) in [6.07, 6.45) is 0.288. The summed E-state index contributed by atoms with van der Waals surface area (Å²) in [6.45, 7) is 1.48. The molecule has 0 saturated carbocycles. The number of hydrogen-bond acceptors (Lipinski definition) is 3. The molecule has 2 aromatic carbocycles. The molecule has 0 aliphatic carbocycles. The van der Waals surface area contributed by atoms with Gasteiger partial charge in [0, 0.05) is 22.5 Å². The lowest BCUT2D eigenvalue weighted by Crippen LogP contribution is -2.12. The highest BCUT2D eigenvalue weighted by Gasteiger charge is 2.19. The fourth-order valence-corrected chi connectivity index (χ4v) is 2.39. The van der Waals surface area contributed by atoms with E-state index < -0.39 is 0 Å². The second-order valence-corrected chi connectivity index (χ2v) is 5.19. The number of ketones is 1. The lowest BCUT2D eigenvalue weighted by Gasteiger charge is -2.07. The normalized spacial score (nSPS) is 12.5. The zero-order chi connectivity index (χ0) is 15.7. The van der Waals surface area contributed by atoms with Crippen LogP contribution in [0, 0.1) is 0 Å². The summed E-state index contributed by atoms with van der Waals surface area (Å²) in [5, 5.41) is 5.48. The number of Topliss-reactive ketones (excluding diaryl/α,β-unsaturated/α-hetero) is 1. The van der Waals surface area contributed by atoms with Crippen LogP contribution < -0.4 is 10.6 Å². The molecular formula is C17H14N2O3. The molecule has 0 atom stereocenters. The summed E-state index contributed by atoms with van der Waals surface area (Å²) < 4.78 is 0. The number of benzene rings is 2. The first-order valence-electron chi connectivity index (χ1n) is 6.88. The Hall–Kier alpha value is -2.95. The first-order chi connectivity index (χ1) is 10.5. The minimum Gasteiger partial charge on any atom is -0.326 e. The highest BCUT2D eigenvalue weighted by molar-refractivity contribution is 6.07. The van der Waals surface area contributed by atoms with Gasteiger partial charge in [-0.05, 0) is 42.8 Å². The molecule has 0 unspecified atom stereocenters. The fraction of sp³-hybridized carbons (Fsp3) is 0.118. The minimum absolute atomic E-state index is 0.0572. The van der Waals surface area contributed by atoms with E-state index in [1.54, 1.807) is 42.5 Å². The molecular weight excluding hydrogens is 280 g/mol. The number of hydrogen-bond donors (Lipinski definition) is 2. The van der Waals surface area contributed by atoms with Crippen molar-refractivity contribution in [3.63, 3.8) is 0 Å². The van der Waals surface area contributed by atoms with Crippen molar-refractivity contribution in [2.24, 2.45) is 0 Å². The summed E-state index contributed by atoms with van der Waals surface area (Å²) in [7, 11) is 0. The molecule has 0 bridgehead atoms. The molecule has 2 amide bonds. The maximum Gasteiger partial charge on any atom is 0.255 e. The van der Waals surface area contributed by atoms with E-state index in [4.69, 9.17) is 0 Å². The third-order valence-corrected chi connectivity index (χ3v) is 3.52. The van der Waals surface area contributed by atoms with Crippen molar-refractivity contribution in [1.82, 2.24) is 0 Å². The Kier molecular flexibility index (Phi) is 3.47. The topological polar surface area (TPSA) is 75.3 Å². The fourth-order valence-electron chi connectivity index (χ4n) is 2.39. The van der Waals surface area contributed by atoms with Crippen LogP contribution in [0.5, 0.6) is 0 Å². The Bertz CT molecular complexity index is 796. The number of fused-ring (bicyclic) bond motifs is 1. The Labute approximate surface area is 127 Å². The van der Waals surface area contributed by atoms with Crippen molar-refractivity contribution in [1.29, 1.82) is 0 Å². The van der Waals surface area contributed by atoms with Crippen molar-refractivity contribution in [2.45, 2.75) is 13.3 Å². The molecule has 0 spiro atoms. The van der Waals surface area contributed by atoms with Gasteiger partial charge in [-0.1, -0.05) is 12.1 Å². The number of carbonyl (C=O) groups excluding carboxylic acids is 3. The van der Waals surface area contributed by atoms with Crippen LogP contribution in [0.1, 0.15) is 33.2 Å². The molecule has 22 heavy (non-hydrogen) atoms. The Morgan fingerprint density at radius 2 is 1.91 bits per heavy atom. The van der Waals surface area contributed by atoms with Crippen molar-refractivity contribution < 1.29 is 14.4 Å². The zero-order valence-corrected chi connectivity index (χ0v) is 12.0. The van der Waals surface area contributed by atoms with Gasteiger partial charge in [-0.2, -0.15) is 0 Å². The number of carbonyl (C=O) groups is 3. The quantitative estimate of drug-likeness (QED) is 0.854. The van der Waals surface area contributed by atoms with Gasteiger partial charge in [0.15, 0.2) is 5.78 Å². The monoisotopic (exact) mass is 294 g/mol. The van der Waals surface area contributed by atoms with Crippen LogP contribution >= 0.6 is 0 Å². The zero-order valence-electron chi connectivity index (χ0n) is 12.0. The predicted octanol–water partition coefficient (Wildman–Crippen LogP) is 2.64. The molecule has 110 valence electrons. The standard InChI is InChI=1S/C17H14N2O3/c1-10(20)11-3-2-4-14(8-11)18-17(22)12-5-6-15-13(7-12)9-16(21)19-15/h2-8H,9H2,1H3,(H,18,22)(H,19,21). The molecule has 0 radical (unpaired) electrons. The van der Waals surface area contributed by atoms with Gasteiger partial charge in [-0.3, -0.25) is 14.4 Å². The number of nitrogens with one attached hydrogen (secondary N) is 2. The van der Waals surface area contributed by atoms with Crippen molar-refractivity contribution in [2.75, 3.05) is 10.6 Å². The van der Waals surface area contributed by atoms with Crippen LogP contribution in [0.4, 0.5) is 11.4 Å². The van der Waals surface area contributed by atoms with E-state index in [-0.39, 0.29) is 24.0 Å². The van der Waals surface area contributed by atoms with E-state index in [0.29, 0.717) is 16.8 Å². The molecule has 1 aliphatic rings. The van der Waals surface area contributed by atoms with Crippen LogP contribution in [-0.4, -0.2) is 17.6 Å². The number of rotatable bonds is 3. The summed E-state index contributed by atoms with van der Waals surface area (Å²) in [4.78, 5) is 35.0. The summed E-state index contributed by atoms with van der Waals surface area (Å²) in [6, 6.07) is 11.9. The van der Waals surface area contributed by atoms with E-state index in [2.05, 4.69) is 10.6 Å². The second kappa shape index (κ2) is 5.44. The smallest absolute Gasteiger partial charge is 0.255 e. The first kappa shape index (κ1) is 14.0. The van der Waals surface area contributed by atoms with Gasteiger partial charge >= 0.3 is 0 Å². The average Bonchev–Trinajstić information content (AvgIpc) is 2.86. The maximum absolute atomic E-state index is 12.3. The molecule has 0 aromatic heterocycles. The molecule has 5 heteroatoms. The Balaban J connectivity index is 1.81. The van der Waals surface area contributed by atoms with Gasteiger partial charge in [-0.15, -0.1) is 0 Å². The maximum atomic E-state index is 12.3. The molecule has 3 rings (SSSR count). The van der Waals surface area contributed by atoms with Crippen molar-refractivity contribution >= 4 is 29.0 Å². The number of amides is 2. The van der Waals surface area contributed by atoms with E-state index in [0.717, 1.165) is 11.3 Å². The predicted molar refractivity (Wildman–Crippen MR) is 83.2 cm³/mol. The van der Waals surface area contributed by atoms with Crippen LogP contribution in [0.25, 0.3) is 0 Å². The second-order valence-electron chi connectivity index (χ2n) is 5.19. The van der Waals surface area contributed by atoms with E-state index in [1.807, 2.05) is 0 Å². The summed E-state index contributed by atoms with van der Waals surface area (Å²) >= 11 is 0. The van der Waals surface area contributed by atoms with Crippen LogP contribution in [0.2, 0.25) is 0 Å². The average molecular weight is 294 g/mol. The highest BCUT2D eigenvalue weighted by atomic mass is 16.2. The van der Waals surface area contributed by atoms with Gasteiger partial charge < -0.3 is 10.6 Å². The highest BCUT2D eigenvalue weighted by Crippen LogP contribution is 2.24. The third kappa shape index (κ3) is 2.74. The molecule has 0 fully saturated rings. The van der Waals surface area contributed by atoms with Crippen molar-refractivity contribution in [3.05, 3.63) is 59.2 Å². The molecule has 0 saturated heterocycles. The van der Waals surface area contributed by atoms with Gasteiger partial charge in [-0.25, -0.2) is 0 Å². The Morgan fingerprint density at radius 3 is 2.68 bits per heavy atom. The van der Waals surface area contributed by atoms with Gasteiger partial charge in [0.1, 0.15) is 0 Å². The van der Waals surface area contributed by atoms with E-state index in [1.165, 1.54) is 6.92 Å². The Morgan fingerprint density at radius 1 is 1.09 bits per heavy atom. The molecule has 5 nitrogen and oxygen atoms in total. The molecule has 1 aliphatic heterocycles. The lowest BCUT2D eigenvalue weighted by molar-refractivity contribution is -0.115. The van der Waals surface area contributed by atoms with Crippen molar-refractivity contribution in [3.8, 4) is 0 Å². The van der Waals surface area contributed by atoms with E-state index >= 15 is 0 Å². The summed E-state index contributed by atoms with van der Waals surface area (Å²) in [5.41, 5.74) is 3.15. The largest absolute Gasteiger partial charge is 0.326 e. The number of anilines is 2. The lowest BCUT2D eigenvalue weighted by atomic mass is 10.1. The third-order valence-electron chi connectivity index (χ3n) is 3.52. The molecule has 2 aromatic rings. The minimum atomic E-state index is -0.275. The first-order valence-corrected chi connectivity index (χ1v) is 6.88. The van der Waals surface area contributed by atoms with E-state index in [9.17, 15) is 14.4 Å². The van der Waals surface area contributed by atoms with Gasteiger partial charge in [0.25, 0.3) is 5.91 Å². The summed E-state index contributed by atoms with van der Waals surface area (Å²) in [5.74, 6) is -0.400. The van der Waals surface area contributed by atoms with Crippen LogP contribution in [0.15, 0.2) is 42.5 Å². The van der Waals surface area contributed by atoms with Gasteiger partial charge in [0.2, 0.25) is 5.91 Å². The van der Waals surface area contributed by atoms with Crippen LogP contribution in [0.3, 0.4) is 0 Å². The SMILES string of the molecule is CC(=O)c1cccc(NC(=O)c2ccc3c(c2)CC(=O)N3)c1.